The summed E-state index contributed by atoms with van der Waals surface area (Å²) in [6, 6.07) is 1.87. The summed E-state index contributed by atoms with van der Waals surface area (Å²) in [4.78, 5) is 20.9. The van der Waals surface area contributed by atoms with Gasteiger partial charge in [-0.3, -0.25) is 4.79 Å². The predicted octanol–water partition coefficient (Wildman–Crippen LogP) is 0.963. The molecule has 6 nitrogen and oxygen atoms in total. The van der Waals surface area contributed by atoms with Gasteiger partial charge < -0.3 is 15.3 Å². The molecule has 0 spiro atoms. The van der Waals surface area contributed by atoms with Crippen LogP contribution in [0.5, 0.6) is 0 Å². The van der Waals surface area contributed by atoms with Gasteiger partial charge in [-0.15, -0.1) is 0 Å². The zero-order valence-corrected chi connectivity index (χ0v) is 9.59. The minimum absolute atomic E-state index is 0.0864. The second-order valence-corrected chi connectivity index (χ2v) is 4.03. The van der Waals surface area contributed by atoms with Gasteiger partial charge in [0.05, 0.1) is 6.42 Å². The quantitative estimate of drug-likeness (QED) is 0.793. The highest BCUT2D eigenvalue weighted by atomic mass is 16.4. The Morgan fingerprint density at radius 2 is 2.18 bits per heavy atom. The Morgan fingerprint density at radius 3 is 2.88 bits per heavy atom. The molecule has 2 heterocycles. The van der Waals surface area contributed by atoms with Gasteiger partial charge in [0.15, 0.2) is 0 Å². The summed E-state index contributed by atoms with van der Waals surface area (Å²) < 4.78 is 0. The fourth-order valence-electron chi connectivity index (χ4n) is 1.86. The maximum absolute atomic E-state index is 10.4. The normalized spacial score (nSPS) is 14.9. The molecule has 0 aliphatic carbocycles. The molecule has 1 aromatic rings. The summed E-state index contributed by atoms with van der Waals surface area (Å²) in [7, 11) is 0. The minimum atomic E-state index is -0.814. The van der Waals surface area contributed by atoms with E-state index in [2.05, 4.69) is 20.2 Å². The number of hydrogen-bond acceptors (Lipinski definition) is 5. The number of carboxylic acids is 1. The number of nitrogens with zero attached hydrogens (tertiary/aromatic N) is 3. The summed E-state index contributed by atoms with van der Waals surface area (Å²) in [5.41, 5.74) is 0. The van der Waals surface area contributed by atoms with E-state index in [1.807, 2.05) is 6.07 Å². The van der Waals surface area contributed by atoms with Crippen molar-refractivity contribution in [3.8, 4) is 0 Å². The van der Waals surface area contributed by atoms with Gasteiger partial charge in [0.2, 0.25) is 0 Å². The van der Waals surface area contributed by atoms with Gasteiger partial charge in [-0.2, -0.15) is 0 Å². The van der Waals surface area contributed by atoms with Crippen molar-refractivity contribution in [2.45, 2.75) is 19.3 Å². The molecule has 92 valence electrons. The van der Waals surface area contributed by atoms with Crippen LogP contribution < -0.4 is 10.2 Å². The Bertz CT molecular complexity index is 391. The van der Waals surface area contributed by atoms with Crippen LogP contribution in [0.2, 0.25) is 0 Å². The van der Waals surface area contributed by atoms with Gasteiger partial charge in [0.1, 0.15) is 18.0 Å². The molecule has 0 aromatic carbocycles. The lowest BCUT2D eigenvalue weighted by Crippen LogP contribution is -2.19. The lowest BCUT2D eigenvalue weighted by atomic mass is 10.4. The van der Waals surface area contributed by atoms with E-state index in [0.717, 1.165) is 18.9 Å². The predicted molar refractivity (Wildman–Crippen MR) is 64.2 cm³/mol. The maximum Gasteiger partial charge on any atom is 0.305 e. The van der Waals surface area contributed by atoms with Crippen molar-refractivity contribution < 1.29 is 9.90 Å². The topological polar surface area (TPSA) is 78.4 Å². The molecule has 1 aliphatic rings. The van der Waals surface area contributed by atoms with Gasteiger partial charge in [-0.25, -0.2) is 9.97 Å². The number of aliphatic carboxylic acids is 1. The van der Waals surface area contributed by atoms with Crippen molar-refractivity contribution in [2.75, 3.05) is 29.9 Å². The molecule has 17 heavy (non-hydrogen) atoms. The number of carboxylic acid groups (broad SMARTS) is 1. The van der Waals surface area contributed by atoms with Crippen LogP contribution in [0, 0.1) is 0 Å². The lowest BCUT2D eigenvalue weighted by Gasteiger charge is -2.16. The van der Waals surface area contributed by atoms with Crippen LogP contribution in [0.1, 0.15) is 19.3 Å². The number of rotatable bonds is 5. The molecule has 0 unspecified atom stereocenters. The Balaban J connectivity index is 1.93. The molecular formula is C11H16N4O2. The molecule has 0 amide bonds. The van der Waals surface area contributed by atoms with Crippen LogP contribution in [0.15, 0.2) is 12.4 Å². The fourth-order valence-corrected chi connectivity index (χ4v) is 1.86. The SMILES string of the molecule is O=C(O)CCNc1cc(N2CCCC2)ncn1. The van der Waals surface area contributed by atoms with Crippen LogP contribution >= 0.6 is 0 Å². The highest BCUT2D eigenvalue weighted by Crippen LogP contribution is 2.19. The third-order valence-corrected chi connectivity index (χ3v) is 2.73. The number of carbonyl (C=O) groups is 1. The van der Waals surface area contributed by atoms with E-state index in [1.54, 1.807) is 0 Å². The molecule has 1 aromatic heterocycles. The second-order valence-electron chi connectivity index (χ2n) is 4.03. The first kappa shape index (κ1) is 11.6. The highest BCUT2D eigenvalue weighted by molar-refractivity contribution is 5.67. The van der Waals surface area contributed by atoms with E-state index in [-0.39, 0.29) is 6.42 Å². The molecule has 2 rings (SSSR count). The molecule has 0 radical (unpaired) electrons. The molecule has 1 fully saturated rings. The van der Waals surface area contributed by atoms with Crippen LogP contribution in [0.4, 0.5) is 11.6 Å². The third kappa shape index (κ3) is 3.30. The van der Waals surface area contributed by atoms with Crippen molar-refractivity contribution in [3.05, 3.63) is 12.4 Å². The third-order valence-electron chi connectivity index (χ3n) is 2.73. The summed E-state index contributed by atoms with van der Waals surface area (Å²) in [6.07, 6.45) is 4.00. The van der Waals surface area contributed by atoms with E-state index in [1.165, 1.54) is 19.2 Å². The fraction of sp³-hybridized carbons (Fsp3) is 0.545. The van der Waals surface area contributed by atoms with E-state index in [0.29, 0.717) is 12.4 Å². The zero-order valence-electron chi connectivity index (χ0n) is 9.59. The molecule has 0 bridgehead atoms. The number of nitrogens with one attached hydrogen (secondary N) is 1. The minimum Gasteiger partial charge on any atom is -0.481 e. The van der Waals surface area contributed by atoms with Gasteiger partial charge in [0.25, 0.3) is 0 Å². The van der Waals surface area contributed by atoms with Crippen LogP contribution in [-0.4, -0.2) is 40.7 Å². The molecule has 2 N–H and O–H groups in total. The summed E-state index contributed by atoms with van der Waals surface area (Å²) in [5, 5.41) is 11.5. The largest absolute Gasteiger partial charge is 0.481 e. The highest BCUT2D eigenvalue weighted by Gasteiger charge is 2.13. The van der Waals surface area contributed by atoms with Gasteiger partial charge in [0, 0.05) is 25.7 Å². The molecule has 6 heteroatoms. The van der Waals surface area contributed by atoms with Gasteiger partial charge >= 0.3 is 5.97 Å². The molecule has 1 saturated heterocycles. The summed E-state index contributed by atoms with van der Waals surface area (Å²) in [5.74, 6) is 0.782. The van der Waals surface area contributed by atoms with E-state index in [4.69, 9.17) is 5.11 Å². The second kappa shape index (κ2) is 5.47. The van der Waals surface area contributed by atoms with Crippen molar-refractivity contribution in [1.29, 1.82) is 0 Å². The molecule has 0 saturated carbocycles. The lowest BCUT2D eigenvalue weighted by molar-refractivity contribution is -0.136. The number of aromatic nitrogens is 2. The van der Waals surface area contributed by atoms with Crippen LogP contribution in [0.3, 0.4) is 0 Å². The smallest absolute Gasteiger partial charge is 0.305 e. The Labute approximate surface area is 99.7 Å². The molecule has 0 atom stereocenters. The van der Waals surface area contributed by atoms with Crippen molar-refractivity contribution >= 4 is 17.6 Å². The monoisotopic (exact) mass is 236 g/mol. The van der Waals surface area contributed by atoms with Crippen LogP contribution in [-0.2, 0) is 4.79 Å². The van der Waals surface area contributed by atoms with Crippen molar-refractivity contribution in [3.63, 3.8) is 0 Å². The zero-order chi connectivity index (χ0) is 12.1. The van der Waals surface area contributed by atoms with E-state index < -0.39 is 5.97 Å². The van der Waals surface area contributed by atoms with Gasteiger partial charge in [-0.1, -0.05) is 0 Å². The molecular weight excluding hydrogens is 220 g/mol. The first-order chi connectivity index (χ1) is 8.25. The maximum atomic E-state index is 10.4. The summed E-state index contributed by atoms with van der Waals surface area (Å²) in [6.45, 7) is 2.45. The van der Waals surface area contributed by atoms with E-state index >= 15 is 0 Å². The number of anilines is 2. The average molecular weight is 236 g/mol. The standard InChI is InChI=1S/C11H16N4O2/c16-11(17)3-4-12-9-7-10(14-8-13-9)15-5-1-2-6-15/h7-8H,1-6H2,(H,16,17)(H,12,13,14). The van der Waals surface area contributed by atoms with Crippen molar-refractivity contribution in [2.24, 2.45) is 0 Å². The Hall–Kier alpha value is -1.85. The summed E-state index contributed by atoms with van der Waals surface area (Å²) >= 11 is 0. The van der Waals surface area contributed by atoms with E-state index in [9.17, 15) is 4.79 Å². The first-order valence-corrected chi connectivity index (χ1v) is 5.78. The van der Waals surface area contributed by atoms with Crippen LogP contribution in [0.25, 0.3) is 0 Å². The first-order valence-electron chi connectivity index (χ1n) is 5.78. The average Bonchev–Trinajstić information content (AvgIpc) is 2.82. The van der Waals surface area contributed by atoms with Gasteiger partial charge in [-0.05, 0) is 12.8 Å². The Morgan fingerprint density at radius 1 is 1.41 bits per heavy atom. The van der Waals surface area contributed by atoms with Crippen molar-refractivity contribution in [1.82, 2.24) is 9.97 Å². The number of hydrogen-bond donors (Lipinski definition) is 2. The Kier molecular flexibility index (Phi) is 3.74. The molecule has 1 aliphatic heterocycles.